The number of amides is 1. The third-order valence-electron chi connectivity index (χ3n) is 1.84. The minimum atomic E-state index is -4.05. The molecule has 0 saturated carbocycles. The van der Waals surface area contributed by atoms with E-state index in [1.807, 2.05) is 0 Å². The van der Waals surface area contributed by atoms with Crippen molar-refractivity contribution in [1.82, 2.24) is 4.72 Å². The number of nitrogens with one attached hydrogen (secondary N) is 2. The molecule has 7 heteroatoms. The standard InChI is InChI=1S/C12H14N2O4S/c1-4-10-6-5-7-11(8-10)13-19(16,17)14-12(15)18-9(2)3/h1,5-9,13H,2-3H3,(H,14,15). The summed E-state index contributed by atoms with van der Waals surface area (Å²) in [5.41, 5.74) is 0.769. The van der Waals surface area contributed by atoms with Crippen LogP contribution in [0.5, 0.6) is 0 Å². The first kappa shape index (κ1) is 14.9. The second-order valence-corrected chi connectivity index (χ2v) is 5.30. The van der Waals surface area contributed by atoms with Crippen LogP contribution in [-0.2, 0) is 14.9 Å². The van der Waals surface area contributed by atoms with Gasteiger partial charge in [0, 0.05) is 5.56 Å². The molecule has 1 amide bonds. The Morgan fingerprint density at radius 3 is 2.68 bits per heavy atom. The summed E-state index contributed by atoms with van der Waals surface area (Å²) in [6, 6.07) is 6.22. The van der Waals surface area contributed by atoms with Crippen molar-refractivity contribution in [3.05, 3.63) is 29.8 Å². The minimum absolute atomic E-state index is 0.250. The number of benzene rings is 1. The summed E-state index contributed by atoms with van der Waals surface area (Å²) in [5, 5.41) is 0. The molecule has 0 fully saturated rings. The van der Waals surface area contributed by atoms with E-state index in [0.717, 1.165) is 0 Å². The summed E-state index contributed by atoms with van der Waals surface area (Å²) >= 11 is 0. The first-order valence-corrected chi connectivity index (χ1v) is 6.88. The highest BCUT2D eigenvalue weighted by Gasteiger charge is 2.16. The van der Waals surface area contributed by atoms with Gasteiger partial charge in [-0.15, -0.1) is 6.42 Å². The molecule has 0 radical (unpaired) electrons. The molecule has 1 aromatic rings. The van der Waals surface area contributed by atoms with Crippen molar-refractivity contribution in [1.29, 1.82) is 0 Å². The zero-order valence-electron chi connectivity index (χ0n) is 10.5. The third kappa shape index (κ3) is 5.31. The minimum Gasteiger partial charge on any atom is -0.446 e. The Hall–Kier alpha value is -2.20. The van der Waals surface area contributed by atoms with E-state index in [1.54, 1.807) is 30.7 Å². The molecule has 0 aliphatic carbocycles. The van der Waals surface area contributed by atoms with Crippen molar-refractivity contribution in [2.75, 3.05) is 4.72 Å². The molecule has 0 atom stereocenters. The lowest BCUT2D eigenvalue weighted by atomic mass is 10.2. The fraction of sp³-hybridized carbons (Fsp3) is 0.250. The Bertz CT molecular complexity index is 602. The van der Waals surface area contributed by atoms with E-state index in [-0.39, 0.29) is 5.69 Å². The van der Waals surface area contributed by atoms with E-state index in [1.165, 1.54) is 12.1 Å². The molecule has 0 aliphatic rings. The predicted octanol–water partition coefficient (Wildman–Crippen LogP) is 1.46. The number of terminal acetylenes is 1. The Morgan fingerprint density at radius 2 is 2.11 bits per heavy atom. The maximum Gasteiger partial charge on any atom is 0.422 e. The van der Waals surface area contributed by atoms with Crippen LogP contribution in [-0.4, -0.2) is 20.6 Å². The van der Waals surface area contributed by atoms with E-state index in [9.17, 15) is 13.2 Å². The number of hydrogen-bond acceptors (Lipinski definition) is 4. The van der Waals surface area contributed by atoms with Crippen LogP contribution in [0.2, 0.25) is 0 Å². The summed E-state index contributed by atoms with van der Waals surface area (Å²) in [6.07, 6.45) is 3.74. The molecule has 0 heterocycles. The van der Waals surface area contributed by atoms with Gasteiger partial charge in [0.1, 0.15) is 0 Å². The number of carbonyl (C=O) groups is 1. The highest BCUT2D eigenvalue weighted by Crippen LogP contribution is 2.10. The number of hydrogen-bond donors (Lipinski definition) is 2. The monoisotopic (exact) mass is 282 g/mol. The van der Waals surface area contributed by atoms with Crippen molar-refractivity contribution < 1.29 is 17.9 Å². The van der Waals surface area contributed by atoms with Crippen LogP contribution in [0.3, 0.4) is 0 Å². The summed E-state index contributed by atoms with van der Waals surface area (Å²) in [6.45, 7) is 3.21. The first-order chi connectivity index (χ1) is 8.82. The predicted molar refractivity (Wildman–Crippen MR) is 71.7 cm³/mol. The second-order valence-electron chi connectivity index (χ2n) is 3.89. The highest BCUT2D eigenvalue weighted by molar-refractivity contribution is 7.91. The molecule has 102 valence electrons. The molecule has 2 N–H and O–H groups in total. The van der Waals surface area contributed by atoms with Gasteiger partial charge >= 0.3 is 16.3 Å². The van der Waals surface area contributed by atoms with Crippen LogP contribution in [0.25, 0.3) is 0 Å². The van der Waals surface area contributed by atoms with Gasteiger partial charge in [0.15, 0.2) is 0 Å². The maximum absolute atomic E-state index is 11.6. The summed E-state index contributed by atoms with van der Waals surface area (Å²) in [4.78, 5) is 11.2. The van der Waals surface area contributed by atoms with Crippen molar-refractivity contribution in [2.24, 2.45) is 0 Å². The zero-order valence-corrected chi connectivity index (χ0v) is 11.3. The summed E-state index contributed by atoms with van der Waals surface area (Å²) < 4.78 is 31.8. The van der Waals surface area contributed by atoms with E-state index in [2.05, 4.69) is 15.4 Å². The lowest BCUT2D eigenvalue weighted by molar-refractivity contribution is 0.121. The molecule has 0 spiro atoms. The van der Waals surface area contributed by atoms with Crippen LogP contribution < -0.4 is 9.44 Å². The second kappa shape index (κ2) is 6.11. The SMILES string of the molecule is C#Cc1cccc(NS(=O)(=O)NC(=O)OC(C)C)c1. The fourth-order valence-electron chi connectivity index (χ4n) is 1.20. The van der Waals surface area contributed by atoms with Crippen molar-refractivity contribution in [2.45, 2.75) is 20.0 Å². The number of anilines is 1. The van der Waals surface area contributed by atoms with Gasteiger partial charge in [0.25, 0.3) is 0 Å². The van der Waals surface area contributed by atoms with Gasteiger partial charge in [-0.2, -0.15) is 8.42 Å². The molecule has 19 heavy (non-hydrogen) atoms. The molecule has 0 bridgehead atoms. The van der Waals surface area contributed by atoms with Gasteiger partial charge in [-0.05, 0) is 32.0 Å². The fourth-order valence-corrected chi connectivity index (χ4v) is 1.96. The Morgan fingerprint density at radius 1 is 1.42 bits per heavy atom. The van der Waals surface area contributed by atoms with Crippen molar-refractivity contribution >= 4 is 22.0 Å². The van der Waals surface area contributed by atoms with Gasteiger partial charge < -0.3 is 4.74 Å². The topological polar surface area (TPSA) is 84.5 Å². The average molecular weight is 282 g/mol. The molecule has 0 aromatic heterocycles. The van der Waals surface area contributed by atoms with E-state index >= 15 is 0 Å². The van der Waals surface area contributed by atoms with Crippen LogP contribution in [0.15, 0.2) is 24.3 Å². The number of rotatable bonds is 4. The lowest BCUT2D eigenvalue weighted by Gasteiger charge is -2.11. The van der Waals surface area contributed by atoms with Gasteiger partial charge in [-0.25, -0.2) is 9.52 Å². The van der Waals surface area contributed by atoms with Crippen molar-refractivity contribution in [3.63, 3.8) is 0 Å². The van der Waals surface area contributed by atoms with Gasteiger partial charge in [0.05, 0.1) is 11.8 Å². The molecule has 1 aromatic carbocycles. The van der Waals surface area contributed by atoms with E-state index < -0.39 is 22.4 Å². The van der Waals surface area contributed by atoms with Crippen LogP contribution >= 0.6 is 0 Å². The Labute approximate surface area is 112 Å². The smallest absolute Gasteiger partial charge is 0.422 e. The molecule has 0 unspecified atom stereocenters. The van der Waals surface area contributed by atoms with Gasteiger partial charge in [0.2, 0.25) is 0 Å². The number of ether oxygens (including phenoxy) is 1. The zero-order chi connectivity index (χ0) is 14.5. The lowest BCUT2D eigenvalue weighted by Crippen LogP contribution is -2.36. The molecular formula is C12H14N2O4S. The third-order valence-corrected chi connectivity index (χ3v) is 2.78. The van der Waals surface area contributed by atoms with Crippen LogP contribution in [0.4, 0.5) is 10.5 Å². The van der Waals surface area contributed by atoms with Crippen LogP contribution in [0.1, 0.15) is 19.4 Å². The Kier molecular flexibility index (Phi) is 4.78. The summed E-state index contributed by atoms with van der Waals surface area (Å²) in [7, 11) is -4.05. The molecular weight excluding hydrogens is 268 g/mol. The Balaban J connectivity index is 2.74. The molecule has 6 nitrogen and oxygen atoms in total. The molecule has 1 rings (SSSR count). The normalized spacial score (nSPS) is 10.6. The van der Waals surface area contributed by atoms with Crippen LogP contribution in [0, 0.1) is 12.3 Å². The van der Waals surface area contributed by atoms with Gasteiger partial charge in [-0.1, -0.05) is 12.0 Å². The average Bonchev–Trinajstić information content (AvgIpc) is 2.26. The maximum atomic E-state index is 11.6. The number of carbonyl (C=O) groups excluding carboxylic acids is 1. The van der Waals surface area contributed by atoms with Gasteiger partial charge in [-0.3, -0.25) is 4.72 Å². The molecule has 0 aliphatic heterocycles. The largest absolute Gasteiger partial charge is 0.446 e. The van der Waals surface area contributed by atoms with Crippen molar-refractivity contribution in [3.8, 4) is 12.3 Å². The molecule has 0 saturated heterocycles. The van der Waals surface area contributed by atoms with E-state index in [0.29, 0.717) is 5.56 Å². The summed E-state index contributed by atoms with van der Waals surface area (Å²) in [5.74, 6) is 2.37. The quantitative estimate of drug-likeness (QED) is 0.819. The van der Waals surface area contributed by atoms with E-state index in [4.69, 9.17) is 6.42 Å². The first-order valence-electron chi connectivity index (χ1n) is 5.40. The highest BCUT2D eigenvalue weighted by atomic mass is 32.2.